The molecule has 1 aliphatic heterocycles. The SMILES string of the molecule is CCOC(=O)c1ccc(NS(=O)(=O)c2ccc3c(c2)NC(=O)[C@@H](C)CS3)cc1. The molecular formula is C19H20N2O5S2. The Kier molecular flexibility index (Phi) is 5.95. The predicted octanol–water partition coefficient (Wildman–Crippen LogP) is 3.34. The summed E-state index contributed by atoms with van der Waals surface area (Å²) >= 11 is 1.51. The number of carbonyl (C=O) groups is 2. The number of esters is 1. The summed E-state index contributed by atoms with van der Waals surface area (Å²) in [5.74, 6) is -0.127. The number of hydrogen-bond donors (Lipinski definition) is 2. The van der Waals surface area contributed by atoms with E-state index in [4.69, 9.17) is 4.74 Å². The summed E-state index contributed by atoms with van der Waals surface area (Å²) in [5.41, 5.74) is 1.14. The maximum Gasteiger partial charge on any atom is 0.338 e. The third kappa shape index (κ3) is 4.48. The van der Waals surface area contributed by atoms with Gasteiger partial charge in [0.15, 0.2) is 0 Å². The lowest BCUT2D eigenvalue weighted by Gasteiger charge is -2.12. The minimum atomic E-state index is -3.86. The van der Waals surface area contributed by atoms with Crippen LogP contribution in [-0.2, 0) is 19.6 Å². The van der Waals surface area contributed by atoms with Crippen molar-refractivity contribution in [3.05, 3.63) is 48.0 Å². The summed E-state index contributed by atoms with van der Waals surface area (Å²) in [4.78, 5) is 24.6. The first kappa shape index (κ1) is 20.2. The molecule has 148 valence electrons. The third-order valence-electron chi connectivity index (χ3n) is 4.10. The van der Waals surface area contributed by atoms with Gasteiger partial charge in [-0.1, -0.05) is 6.92 Å². The summed E-state index contributed by atoms with van der Waals surface area (Å²) in [6.07, 6.45) is 0. The van der Waals surface area contributed by atoms with Crippen molar-refractivity contribution in [1.82, 2.24) is 0 Å². The first-order chi connectivity index (χ1) is 13.3. The van der Waals surface area contributed by atoms with Crippen LogP contribution in [0.25, 0.3) is 0 Å². The molecule has 0 saturated carbocycles. The Labute approximate surface area is 167 Å². The summed E-state index contributed by atoms with van der Waals surface area (Å²) in [6.45, 7) is 3.80. The van der Waals surface area contributed by atoms with Gasteiger partial charge >= 0.3 is 5.97 Å². The molecule has 0 aromatic heterocycles. The molecule has 1 aliphatic rings. The number of amides is 1. The van der Waals surface area contributed by atoms with Crippen LogP contribution in [0.5, 0.6) is 0 Å². The number of rotatable bonds is 5. The van der Waals surface area contributed by atoms with Crippen molar-refractivity contribution in [2.75, 3.05) is 22.4 Å². The second-order valence-corrected chi connectivity index (χ2v) is 9.01. The molecule has 9 heteroatoms. The van der Waals surface area contributed by atoms with Crippen molar-refractivity contribution in [2.45, 2.75) is 23.6 Å². The molecule has 7 nitrogen and oxygen atoms in total. The van der Waals surface area contributed by atoms with Crippen LogP contribution in [0, 0.1) is 5.92 Å². The standard InChI is InChI=1S/C19H20N2O5S2/c1-3-26-19(23)13-4-6-14(7-5-13)21-28(24,25)15-8-9-17-16(10-15)20-18(22)12(2)11-27-17/h4-10,12,21H,3,11H2,1-2H3,(H,20,22)/t12-/m0/s1. The zero-order valence-electron chi connectivity index (χ0n) is 15.4. The van der Waals surface area contributed by atoms with E-state index in [9.17, 15) is 18.0 Å². The molecule has 0 fully saturated rings. The van der Waals surface area contributed by atoms with Gasteiger partial charge in [-0.3, -0.25) is 9.52 Å². The molecule has 0 aliphatic carbocycles. The first-order valence-electron chi connectivity index (χ1n) is 8.68. The van der Waals surface area contributed by atoms with Crippen LogP contribution in [0.4, 0.5) is 11.4 Å². The largest absolute Gasteiger partial charge is 0.462 e. The van der Waals surface area contributed by atoms with Crippen molar-refractivity contribution in [3.8, 4) is 0 Å². The van der Waals surface area contributed by atoms with Crippen molar-refractivity contribution in [2.24, 2.45) is 5.92 Å². The van der Waals surface area contributed by atoms with Gasteiger partial charge in [0.05, 0.1) is 22.8 Å². The van der Waals surface area contributed by atoms with Gasteiger partial charge in [-0.15, -0.1) is 11.8 Å². The van der Waals surface area contributed by atoms with E-state index in [0.717, 1.165) is 4.90 Å². The maximum absolute atomic E-state index is 12.7. The monoisotopic (exact) mass is 420 g/mol. The second-order valence-electron chi connectivity index (χ2n) is 6.26. The topological polar surface area (TPSA) is 102 Å². The van der Waals surface area contributed by atoms with E-state index in [0.29, 0.717) is 22.7 Å². The number of sulfonamides is 1. The average molecular weight is 421 g/mol. The number of benzene rings is 2. The van der Waals surface area contributed by atoms with E-state index < -0.39 is 16.0 Å². The highest BCUT2D eigenvalue weighted by Gasteiger charge is 2.23. The molecular weight excluding hydrogens is 400 g/mol. The molecule has 2 N–H and O–H groups in total. The Bertz CT molecular complexity index is 1000. The van der Waals surface area contributed by atoms with Gasteiger partial charge in [0.2, 0.25) is 5.91 Å². The van der Waals surface area contributed by atoms with Gasteiger partial charge in [-0.2, -0.15) is 0 Å². The molecule has 28 heavy (non-hydrogen) atoms. The van der Waals surface area contributed by atoms with Crippen molar-refractivity contribution in [3.63, 3.8) is 0 Å². The molecule has 1 atom stereocenters. The fourth-order valence-electron chi connectivity index (χ4n) is 2.55. The molecule has 3 rings (SSSR count). The Hall–Kier alpha value is -2.52. The van der Waals surface area contributed by atoms with Crippen LogP contribution in [-0.4, -0.2) is 32.7 Å². The maximum atomic E-state index is 12.7. The zero-order chi connectivity index (χ0) is 20.3. The van der Waals surface area contributed by atoms with Gasteiger partial charge in [-0.25, -0.2) is 13.2 Å². The first-order valence-corrected chi connectivity index (χ1v) is 11.1. The van der Waals surface area contributed by atoms with E-state index in [1.54, 1.807) is 13.0 Å². The highest BCUT2D eigenvalue weighted by molar-refractivity contribution is 7.99. The zero-order valence-corrected chi connectivity index (χ0v) is 17.0. The smallest absolute Gasteiger partial charge is 0.338 e. The third-order valence-corrected chi connectivity index (χ3v) is 6.82. The Morgan fingerprint density at radius 1 is 1.25 bits per heavy atom. The minimum Gasteiger partial charge on any atom is -0.462 e. The molecule has 0 saturated heterocycles. The van der Waals surface area contributed by atoms with Crippen molar-refractivity contribution < 1.29 is 22.7 Å². The lowest BCUT2D eigenvalue weighted by Crippen LogP contribution is -2.20. The Balaban J connectivity index is 1.81. The minimum absolute atomic E-state index is 0.0381. The molecule has 0 spiro atoms. The van der Waals surface area contributed by atoms with Crippen molar-refractivity contribution in [1.29, 1.82) is 0 Å². The van der Waals surface area contributed by atoms with E-state index in [2.05, 4.69) is 10.0 Å². The van der Waals surface area contributed by atoms with Gasteiger partial charge in [0.25, 0.3) is 10.0 Å². The number of thioether (sulfide) groups is 1. The number of nitrogens with one attached hydrogen (secondary N) is 2. The van der Waals surface area contributed by atoms with Crippen LogP contribution in [0.1, 0.15) is 24.2 Å². The highest BCUT2D eigenvalue weighted by Crippen LogP contribution is 2.34. The van der Waals surface area contributed by atoms with Gasteiger partial charge in [-0.05, 0) is 49.4 Å². The van der Waals surface area contributed by atoms with Crippen LogP contribution in [0.2, 0.25) is 0 Å². The molecule has 2 aromatic rings. The Morgan fingerprint density at radius 3 is 2.64 bits per heavy atom. The molecule has 2 aromatic carbocycles. The second kappa shape index (κ2) is 8.24. The van der Waals surface area contributed by atoms with Gasteiger partial charge in [0, 0.05) is 22.3 Å². The fourth-order valence-corrected chi connectivity index (χ4v) is 4.64. The van der Waals surface area contributed by atoms with Crippen LogP contribution in [0.3, 0.4) is 0 Å². The lowest BCUT2D eigenvalue weighted by molar-refractivity contribution is -0.118. The van der Waals surface area contributed by atoms with Gasteiger partial charge < -0.3 is 10.1 Å². The van der Waals surface area contributed by atoms with Crippen LogP contribution >= 0.6 is 11.8 Å². The summed E-state index contributed by atoms with van der Waals surface area (Å²) < 4.78 is 32.8. The molecule has 1 amide bonds. The van der Waals surface area contributed by atoms with E-state index in [1.165, 1.54) is 48.2 Å². The predicted molar refractivity (Wildman–Crippen MR) is 108 cm³/mol. The summed E-state index contributed by atoms with van der Waals surface area (Å²) in [5, 5.41) is 2.78. The molecule has 0 unspecified atom stereocenters. The lowest BCUT2D eigenvalue weighted by atomic mass is 10.2. The summed E-state index contributed by atoms with van der Waals surface area (Å²) in [7, 11) is -3.86. The van der Waals surface area contributed by atoms with Gasteiger partial charge in [0.1, 0.15) is 0 Å². The van der Waals surface area contributed by atoms with Crippen LogP contribution < -0.4 is 10.0 Å². The number of ether oxygens (including phenoxy) is 1. The Morgan fingerprint density at radius 2 is 1.96 bits per heavy atom. The van der Waals surface area contributed by atoms with Crippen LogP contribution in [0.15, 0.2) is 52.3 Å². The quantitative estimate of drug-likeness (QED) is 0.720. The average Bonchev–Trinajstić information content (AvgIpc) is 2.80. The van der Waals surface area contributed by atoms with Crippen molar-refractivity contribution >= 4 is 45.0 Å². The van der Waals surface area contributed by atoms with E-state index >= 15 is 0 Å². The molecule has 0 radical (unpaired) electrons. The molecule has 1 heterocycles. The molecule has 0 bridgehead atoms. The van der Waals surface area contributed by atoms with E-state index in [1.807, 2.05) is 6.92 Å². The number of hydrogen-bond acceptors (Lipinski definition) is 6. The summed E-state index contributed by atoms with van der Waals surface area (Å²) in [6, 6.07) is 10.6. The number of fused-ring (bicyclic) bond motifs is 1. The number of anilines is 2. The van der Waals surface area contributed by atoms with E-state index in [-0.39, 0.29) is 23.3 Å². The fraction of sp³-hybridized carbons (Fsp3) is 0.263. The normalized spacial score (nSPS) is 16.5. The number of carbonyl (C=O) groups excluding carboxylic acids is 2. The highest BCUT2D eigenvalue weighted by atomic mass is 32.2.